The summed E-state index contributed by atoms with van der Waals surface area (Å²) >= 11 is 1.60. The number of aromatic amines is 1. The average molecular weight is 264 g/mol. The zero-order valence-corrected chi connectivity index (χ0v) is 10.8. The van der Waals surface area contributed by atoms with Crippen LogP contribution < -0.4 is 11.1 Å². The van der Waals surface area contributed by atoms with Crippen LogP contribution in [0.4, 0.5) is 5.69 Å². The monoisotopic (exact) mass is 264 g/mol. The molecule has 5 nitrogen and oxygen atoms in total. The van der Waals surface area contributed by atoms with E-state index >= 15 is 0 Å². The van der Waals surface area contributed by atoms with Crippen molar-refractivity contribution in [3.05, 3.63) is 11.4 Å². The topological polar surface area (TPSA) is 83.8 Å². The van der Waals surface area contributed by atoms with Crippen LogP contribution in [-0.4, -0.2) is 34.2 Å². The first-order chi connectivity index (χ1) is 8.74. The van der Waals surface area contributed by atoms with Crippen molar-refractivity contribution in [3.63, 3.8) is 0 Å². The maximum Gasteiger partial charge on any atom is 0.273 e. The molecule has 1 saturated carbocycles. The number of hydrogen-bond acceptors (Lipinski definition) is 4. The third-order valence-corrected chi connectivity index (χ3v) is 3.62. The van der Waals surface area contributed by atoms with E-state index in [2.05, 4.69) is 21.4 Å². The number of amides is 1. The Bertz CT molecular complexity index is 473. The van der Waals surface area contributed by atoms with Crippen molar-refractivity contribution in [2.45, 2.75) is 18.8 Å². The molecule has 1 aliphatic carbocycles. The van der Waals surface area contributed by atoms with Gasteiger partial charge in [0.05, 0.1) is 17.1 Å². The lowest BCUT2D eigenvalue weighted by molar-refractivity contribution is 0.0952. The van der Waals surface area contributed by atoms with Gasteiger partial charge in [0, 0.05) is 18.2 Å². The van der Waals surface area contributed by atoms with Gasteiger partial charge in [0.25, 0.3) is 5.91 Å². The molecule has 0 spiro atoms. The number of nitrogens with one attached hydrogen (secondary N) is 2. The van der Waals surface area contributed by atoms with Crippen molar-refractivity contribution in [1.82, 2.24) is 15.5 Å². The predicted molar refractivity (Wildman–Crippen MR) is 73.5 cm³/mol. The van der Waals surface area contributed by atoms with E-state index in [1.807, 2.05) is 0 Å². The Morgan fingerprint density at radius 3 is 3.11 bits per heavy atom. The van der Waals surface area contributed by atoms with E-state index in [0.29, 0.717) is 29.6 Å². The van der Waals surface area contributed by atoms with Gasteiger partial charge >= 0.3 is 0 Å². The van der Waals surface area contributed by atoms with Crippen molar-refractivity contribution < 1.29 is 4.79 Å². The molecule has 0 atom stereocenters. The number of rotatable bonds is 6. The molecule has 0 aliphatic heterocycles. The number of anilines is 1. The van der Waals surface area contributed by atoms with Gasteiger partial charge in [-0.15, -0.1) is 18.2 Å². The van der Waals surface area contributed by atoms with Crippen molar-refractivity contribution in [1.29, 1.82) is 0 Å². The molecule has 1 aliphatic rings. The summed E-state index contributed by atoms with van der Waals surface area (Å²) in [6.45, 7) is 0.566. The molecule has 2 rings (SSSR count). The Morgan fingerprint density at radius 2 is 2.44 bits per heavy atom. The van der Waals surface area contributed by atoms with E-state index in [1.54, 1.807) is 11.8 Å². The van der Waals surface area contributed by atoms with E-state index in [0.717, 1.165) is 24.3 Å². The lowest BCUT2D eigenvalue weighted by atomic mass is 10.2. The molecule has 1 amide bonds. The van der Waals surface area contributed by atoms with Crippen molar-refractivity contribution >= 4 is 23.4 Å². The number of H-pyrrole nitrogens is 1. The van der Waals surface area contributed by atoms with Crippen LogP contribution in [-0.2, 0) is 0 Å². The fourth-order valence-electron chi connectivity index (χ4n) is 1.67. The summed E-state index contributed by atoms with van der Waals surface area (Å²) in [7, 11) is 0. The van der Waals surface area contributed by atoms with Crippen LogP contribution in [0.5, 0.6) is 0 Å². The molecule has 4 N–H and O–H groups in total. The van der Waals surface area contributed by atoms with Gasteiger partial charge in [0.15, 0.2) is 5.69 Å². The molecule has 0 saturated heterocycles. The molecule has 18 heavy (non-hydrogen) atoms. The Morgan fingerprint density at radius 1 is 1.67 bits per heavy atom. The van der Waals surface area contributed by atoms with E-state index in [1.165, 1.54) is 0 Å². The highest BCUT2D eigenvalue weighted by Crippen LogP contribution is 2.42. The van der Waals surface area contributed by atoms with Gasteiger partial charge in [0.2, 0.25) is 0 Å². The molecule has 1 aromatic heterocycles. The second-order valence-electron chi connectivity index (χ2n) is 4.19. The molecule has 96 valence electrons. The van der Waals surface area contributed by atoms with Crippen molar-refractivity contribution in [3.8, 4) is 12.3 Å². The van der Waals surface area contributed by atoms with Crippen LogP contribution in [0.2, 0.25) is 0 Å². The van der Waals surface area contributed by atoms with Gasteiger partial charge in [0.1, 0.15) is 0 Å². The highest BCUT2D eigenvalue weighted by Gasteiger charge is 2.30. The van der Waals surface area contributed by atoms with E-state index < -0.39 is 0 Å². The third kappa shape index (κ3) is 2.99. The van der Waals surface area contributed by atoms with E-state index in [4.69, 9.17) is 12.2 Å². The number of thioether (sulfide) groups is 1. The Kier molecular flexibility index (Phi) is 4.15. The van der Waals surface area contributed by atoms with Gasteiger partial charge in [-0.3, -0.25) is 9.89 Å². The molecule has 0 bridgehead atoms. The summed E-state index contributed by atoms with van der Waals surface area (Å²) in [5.74, 6) is 4.22. The number of terminal acetylenes is 1. The third-order valence-electron chi connectivity index (χ3n) is 2.75. The summed E-state index contributed by atoms with van der Waals surface area (Å²) in [5.41, 5.74) is 7.61. The maximum absolute atomic E-state index is 11.8. The minimum atomic E-state index is -0.225. The Hall–Kier alpha value is -1.61. The zero-order chi connectivity index (χ0) is 13.0. The van der Waals surface area contributed by atoms with Gasteiger partial charge < -0.3 is 11.1 Å². The van der Waals surface area contributed by atoms with Crippen LogP contribution in [0.1, 0.15) is 34.9 Å². The molecular formula is C12H16N4OS. The Balaban J connectivity index is 1.83. The second kappa shape index (κ2) is 5.83. The maximum atomic E-state index is 11.8. The number of carbonyl (C=O) groups excluding carboxylic acids is 1. The molecule has 1 heterocycles. The molecule has 0 aromatic carbocycles. The number of aromatic nitrogens is 2. The predicted octanol–water partition coefficient (Wildman–Crippen LogP) is 0.965. The fourth-order valence-corrected chi connectivity index (χ4v) is 2.18. The first-order valence-corrected chi connectivity index (χ1v) is 7.02. The molecule has 0 radical (unpaired) electrons. The number of hydrogen-bond donors (Lipinski definition) is 3. The summed E-state index contributed by atoms with van der Waals surface area (Å²) in [4.78, 5) is 11.8. The van der Waals surface area contributed by atoms with Crippen LogP contribution >= 0.6 is 11.8 Å². The van der Waals surface area contributed by atoms with Crippen LogP contribution in [0.25, 0.3) is 0 Å². The smallest absolute Gasteiger partial charge is 0.273 e. The summed E-state index contributed by atoms with van der Waals surface area (Å²) in [6.07, 6.45) is 7.37. The Labute approximate surface area is 110 Å². The van der Waals surface area contributed by atoms with E-state index in [-0.39, 0.29) is 5.91 Å². The lowest BCUT2D eigenvalue weighted by Gasteiger charge is -2.02. The number of nitrogens with two attached hydrogens (primary N) is 1. The SMILES string of the molecule is C#CCSCCNC(=O)c1n[nH]c(C2CC2)c1N. The van der Waals surface area contributed by atoms with Crippen LogP contribution in [0.15, 0.2) is 0 Å². The summed E-state index contributed by atoms with van der Waals surface area (Å²) in [6, 6.07) is 0. The molecule has 1 fully saturated rings. The standard InChI is InChI=1S/C12H16N4OS/c1-2-6-18-7-5-14-12(17)11-9(13)10(15-16-11)8-3-4-8/h1,8H,3-7,13H2,(H,14,17)(H,15,16). The second-order valence-corrected chi connectivity index (χ2v) is 5.29. The lowest BCUT2D eigenvalue weighted by Crippen LogP contribution is -2.26. The van der Waals surface area contributed by atoms with Gasteiger partial charge in [-0.2, -0.15) is 5.10 Å². The summed E-state index contributed by atoms with van der Waals surface area (Å²) < 4.78 is 0. The molecule has 0 unspecified atom stereocenters. The molecular weight excluding hydrogens is 248 g/mol. The molecule has 1 aromatic rings. The average Bonchev–Trinajstić information content (AvgIpc) is 3.12. The minimum absolute atomic E-state index is 0.225. The number of nitrogen functional groups attached to an aromatic ring is 1. The van der Waals surface area contributed by atoms with Crippen molar-refractivity contribution in [2.24, 2.45) is 0 Å². The fraction of sp³-hybridized carbons (Fsp3) is 0.500. The zero-order valence-electron chi connectivity index (χ0n) is 10.0. The number of carbonyl (C=O) groups is 1. The highest BCUT2D eigenvalue weighted by atomic mass is 32.2. The molecule has 6 heteroatoms. The van der Waals surface area contributed by atoms with Gasteiger partial charge in [-0.05, 0) is 12.8 Å². The van der Waals surface area contributed by atoms with Crippen LogP contribution in [0.3, 0.4) is 0 Å². The van der Waals surface area contributed by atoms with Gasteiger partial charge in [-0.25, -0.2) is 0 Å². The van der Waals surface area contributed by atoms with Crippen LogP contribution in [0, 0.1) is 12.3 Å². The normalized spacial score (nSPS) is 14.2. The van der Waals surface area contributed by atoms with E-state index in [9.17, 15) is 4.79 Å². The minimum Gasteiger partial charge on any atom is -0.395 e. The van der Waals surface area contributed by atoms with Gasteiger partial charge in [-0.1, -0.05) is 5.92 Å². The number of nitrogens with zero attached hydrogens (tertiary/aromatic N) is 1. The highest BCUT2D eigenvalue weighted by molar-refractivity contribution is 7.99. The quantitative estimate of drug-likeness (QED) is 0.528. The summed E-state index contributed by atoms with van der Waals surface area (Å²) in [5, 5.41) is 9.63. The van der Waals surface area contributed by atoms with Crippen molar-refractivity contribution in [2.75, 3.05) is 23.8 Å². The first-order valence-electron chi connectivity index (χ1n) is 5.87. The largest absolute Gasteiger partial charge is 0.395 e. The first kappa shape index (κ1) is 12.8.